The number of ether oxygens (including phenoxy) is 1. The lowest BCUT2D eigenvalue weighted by Crippen LogP contribution is -2.46. The predicted octanol–water partition coefficient (Wildman–Crippen LogP) is 4.73. The van der Waals surface area contributed by atoms with E-state index < -0.39 is 5.67 Å². The van der Waals surface area contributed by atoms with E-state index in [1.807, 2.05) is 18.2 Å². The normalized spacial score (nSPS) is 21.8. The Kier molecular flexibility index (Phi) is 6.34. The molecule has 1 fully saturated rings. The van der Waals surface area contributed by atoms with Crippen LogP contribution in [0.4, 0.5) is 8.78 Å². The molecule has 2 N–H and O–H groups in total. The second-order valence-electron chi connectivity index (χ2n) is 9.40. The first kappa shape index (κ1) is 22.3. The Morgan fingerprint density at radius 1 is 1.21 bits per heavy atom. The molecule has 5 nitrogen and oxygen atoms in total. The van der Waals surface area contributed by atoms with Gasteiger partial charge < -0.3 is 15.0 Å². The summed E-state index contributed by atoms with van der Waals surface area (Å²) in [6.07, 6.45) is 4.44. The third-order valence-electron chi connectivity index (χ3n) is 6.85. The van der Waals surface area contributed by atoms with Crippen molar-refractivity contribution in [2.75, 3.05) is 32.9 Å². The van der Waals surface area contributed by atoms with Crippen molar-refractivity contribution < 1.29 is 13.5 Å². The van der Waals surface area contributed by atoms with Gasteiger partial charge in [-0.3, -0.25) is 14.3 Å². The van der Waals surface area contributed by atoms with Gasteiger partial charge >= 0.3 is 0 Å². The van der Waals surface area contributed by atoms with Crippen LogP contribution in [0.1, 0.15) is 49.2 Å². The summed E-state index contributed by atoms with van der Waals surface area (Å²) >= 11 is 0. The molecule has 176 valence electrons. The zero-order valence-corrected chi connectivity index (χ0v) is 19.1. The highest BCUT2D eigenvalue weighted by molar-refractivity contribution is 5.85. The van der Waals surface area contributed by atoms with Crippen LogP contribution in [0.5, 0.6) is 5.75 Å². The molecule has 3 heterocycles. The Morgan fingerprint density at radius 3 is 2.82 bits per heavy atom. The van der Waals surface area contributed by atoms with Crippen molar-refractivity contribution in [3.05, 3.63) is 59.5 Å². The Balaban J connectivity index is 1.39. The molecule has 0 amide bonds. The van der Waals surface area contributed by atoms with E-state index >= 15 is 0 Å². The molecule has 2 atom stereocenters. The molecule has 0 spiro atoms. The molecular weight excluding hydrogens is 422 g/mol. The summed E-state index contributed by atoms with van der Waals surface area (Å²) in [5.74, 6) is 0.697. The summed E-state index contributed by atoms with van der Waals surface area (Å²) in [4.78, 5) is 10.7. The first-order chi connectivity index (χ1) is 16.1. The maximum atomic E-state index is 14.9. The molecule has 0 radical (unpaired) electrons. The van der Waals surface area contributed by atoms with Crippen molar-refractivity contribution in [1.29, 1.82) is 0 Å². The van der Waals surface area contributed by atoms with Crippen LogP contribution >= 0.6 is 0 Å². The number of hydrogen-bond acceptors (Lipinski definition) is 4. The van der Waals surface area contributed by atoms with Gasteiger partial charge in [-0.25, -0.2) is 4.39 Å². The van der Waals surface area contributed by atoms with Gasteiger partial charge in [0.25, 0.3) is 0 Å². The Bertz CT molecular complexity index is 1080. The number of para-hydroxylation sites is 1. The van der Waals surface area contributed by atoms with Crippen molar-refractivity contribution in [2.45, 2.75) is 50.4 Å². The standard InChI is InChI=1S/C26H32F2N4O/c1-18-15-21-20-5-2-3-6-22(20)31-24(21)25(32(18)17-26(28)9-10-26)23-8-7-19(16-30-23)33-14-13-29-12-4-11-27/h2-3,5-8,16,18,25,29,31H,4,9-15,17H2,1H3/t18-,25-/m1/s1. The number of fused-ring (bicyclic) bond motifs is 3. The van der Waals surface area contributed by atoms with Gasteiger partial charge in [0.2, 0.25) is 0 Å². The van der Waals surface area contributed by atoms with Crippen LogP contribution in [0.15, 0.2) is 42.6 Å². The number of nitrogens with one attached hydrogen (secondary N) is 2. The molecule has 5 rings (SSSR count). The van der Waals surface area contributed by atoms with E-state index in [4.69, 9.17) is 9.72 Å². The van der Waals surface area contributed by atoms with Crippen LogP contribution in [-0.2, 0) is 6.42 Å². The van der Waals surface area contributed by atoms with Crippen molar-refractivity contribution in [1.82, 2.24) is 20.2 Å². The fraction of sp³-hybridized carbons (Fsp3) is 0.500. The largest absolute Gasteiger partial charge is 0.491 e. The van der Waals surface area contributed by atoms with Crippen molar-refractivity contribution >= 4 is 10.9 Å². The molecule has 7 heteroatoms. The van der Waals surface area contributed by atoms with Gasteiger partial charge in [0.15, 0.2) is 0 Å². The van der Waals surface area contributed by atoms with Crippen LogP contribution in [0.3, 0.4) is 0 Å². The second kappa shape index (κ2) is 9.39. The number of nitrogens with zero attached hydrogens (tertiary/aromatic N) is 2. The monoisotopic (exact) mass is 454 g/mol. The maximum absolute atomic E-state index is 14.9. The highest BCUT2D eigenvalue weighted by atomic mass is 19.1. The number of alkyl halides is 2. The molecule has 3 aromatic rings. The van der Waals surface area contributed by atoms with Gasteiger partial charge in [0.1, 0.15) is 18.0 Å². The van der Waals surface area contributed by atoms with Crippen molar-refractivity contribution in [3.63, 3.8) is 0 Å². The summed E-state index contributed by atoms with van der Waals surface area (Å²) in [6.45, 7) is 4.12. The van der Waals surface area contributed by atoms with E-state index in [0.717, 1.165) is 23.3 Å². The lowest BCUT2D eigenvalue weighted by Gasteiger charge is -2.41. The van der Waals surface area contributed by atoms with E-state index in [1.165, 1.54) is 10.9 Å². The Hall–Kier alpha value is -2.51. The first-order valence-electron chi connectivity index (χ1n) is 12.0. The van der Waals surface area contributed by atoms with Crippen molar-refractivity contribution in [3.8, 4) is 5.75 Å². The fourth-order valence-electron chi connectivity index (χ4n) is 4.89. The van der Waals surface area contributed by atoms with E-state index in [-0.39, 0.29) is 18.8 Å². The summed E-state index contributed by atoms with van der Waals surface area (Å²) in [5.41, 5.74) is 3.37. The van der Waals surface area contributed by atoms with Crippen LogP contribution < -0.4 is 10.1 Å². The molecule has 1 saturated carbocycles. The van der Waals surface area contributed by atoms with Crippen LogP contribution in [0, 0.1) is 0 Å². The number of hydrogen-bond donors (Lipinski definition) is 2. The summed E-state index contributed by atoms with van der Waals surface area (Å²) in [5, 5.41) is 4.39. The Morgan fingerprint density at radius 2 is 2.06 bits per heavy atom. The maximum Gasteiger partial charge on any atom is 0.137 e. The van der Waals surface area contributed by atoms with Gasteiger partial charge in [0.05, 0.1) is 24.6 Å². The molecule has 0 bridgehead atoms. The number of benzene rings is 1. The topological polar surface area (TPSA) is 53.2 Å². The fourth-order valence-corrected chi connectivity index (χ4v) is 4.89. The molecule has 1 aromatic carbocycles. The zero-order chi connectivity index (χ0) is 22.8. The van der Waals surface area contributed by atoms with Gasteiger partial charge in [0, 0.05) is 35.7 Å². The molecule has 1 aliphatic carbocycles. The van der Waals surface area contributed by atoms with E-state index in [1.54, 1.807) is 6.20 Å². The summed E-state index contributed by atoms with van der Waals surface area (Å²) in [7, 11) is 0. The second-order valence-corrected chi connectivity index (χ2v) is 9.40. The molecule has 2 aromatic heterocycles. The minimum atomic E-state index is -1.08. The highest BCUT2D eigenvalue weighted by Crippen LogP contribution is 2.46. The lowest BCUT2D eigenvalue weighted by molar-refractivity contribution is 0.0951. The van der Waals surface area contributed by atoms with Gasteiger partial charge in [-0.1, -0.05) is 18.2 Å². The lowest BCUT2D eigenvalue weighted by atomic mass is 9.90. The van der Waals surface area contributed by atoms with Crippen LogP contribution in [0.2, 0.25) is 0 Å². The number of H-pyrrole nitrogens is 1. The third kappa shape index (κ3) is 4.75. The molecule has 0 unspecified atom stereocenters. The van der Waals surface area contributed by atoms with Gasteiger partial charge in [-0.2, -0.15) is 0 Å². The number of aromatic amines is 1. The number of rotatable bonds is 10. The molecule has 0 saturated heterocycles. The minimum absolute atomic E-state index is 0.124. The van der Waals surface area contributed by atoms with E-state index in [2.05, 4.69) is 40.3 Å². The smallest absolute Gasteiger partial charge is 0.137 e. The average Bonchev–Trinajstić information content (AvgIpc) is 3.44. The number of pyridine rings is 1. The quantitative estimate of drug-likeness (QED) is 0.435. The van der Waals surface area contributed by atoms with Gasteiger partial charge in [-0.05, 0) is 62.9 Å². The molecule has 33 heavy (non-hydrogen) atoms. The minimum Gasteiger partial charge on any atom is -0.491 e. The summed E-state index contributed by atoms with van der Waals surface area (Å²) in [6, 6.07) is 12.4. The zero-order valence-electron chi connectivity index (χ0n) is 19.1. The van der Waals surface area contributed by atoms with Crippen LogP contribution in [-0.4, -0.2) is 59.5 Å². The highest BCUT2D eigenvalue weighted by Gasteiger charge is 2.48. The van der Waals surface area contributed by atoms with E-state index in [9.17, 15) is 8.78 Å². The molecule has 1 aliphatic heterocycles. The summed E-state index contributed by atoms with van der Waals surface area (Å²) < 4.78 is 32.9. The SMILES string of the molecule is C[C@@H]1Cc2c([nH]c3ccccc23)[C@@H](c2ccc(OCCNCCCF)cn2)N1CC1(F)CC1. The molecule has 2 aliphatic rings. The van der Waals surface area contributed by atoms with Crippen molar-refractivity contribution in [2.24, 2.45) is 0 Å². The first-order valence-corrected chi connectivity index (χ1v) is 12.0. The van der Waals surface area contributed by atoms with Crippen LogP contribution in [0.25, 0.3) is 10.9 Å². The third-order valence-corrected chi connectivity index (χ3v) is 6.85. The molecular formula is C26H32F2N4O. The average molecular weight is 455 g/mol. The van der Waals surface area contributed by atoms with Gasteiger partial charge in [-0.15, -0.1) is 0 Å². The predicted molar refractivity (Wildman–Crippen MR) is 126 cm³/mol. The Labute approximate surface area is 193 Å². The van der Waals surface area contributed by atoms with E-state index in [0.29, 0.717) is 51.3 Å². The number of aromatic nitrogens is 2. The number of halogens is 2.